The number of aromatic nitrogens is 3. The van der Waals surface area contributed by atoms with Gasteiger partial charge in [0.2, 0.25) is 0 Å². The highest BCUT2D eigenvalue weighted by molar-refractivity contribution is 7.99. The second-order valence-corrected chi connectivity index (χ2v) is 8.93. The minimum atomic E-state index is -0.776. The number of rotatable bonds is 3. The molecule has 1 aliphatic heterocycles. The van der Waals surface area contributed by atoms with Crippen LogP contribution in [0.3, 0.4) is 0 Å². The summed E-state index contributed by atoms with van der Waals surface area (Å²) in [6.07, 6.45) is 5.28. The van der Waals surface area contributed by atoms with Gasteiger partial charge >= 0.3 is 0 Å². The SMILES string of the molecule is Nc1nc(N2CCC3(CC2)C[C@@H](F)C[C@H]3N)cnc1Sc1ccnc(N)c1Cl. The first-order chi connectivity index (χ1) is 13.4. The lowest BCUT2D eigenvalue weighted by molar-refractivity contribution is 0.184. The Morgan fingerprint density at radius 2 is 1.96 bits per heavy atom. The zero-order chi connectivity index (χ0) is 19.9. The Labute approximate surface area is 172 Å². The molecule has 2 aromatic rings. The zero-order valence-corrected chi connectivity index (χ0v) is 16.9. The van der Waals surface area contributed by atoms with E-state index in [9.17, 15) is 4.39 Å². The Balaban J connectivity index is 1.46. The number of halogens is 2. The molecule has 150 valence electrons. The fraction of sp³-hybridized carbons (Fsp3) is 0.500. The summed E-state index contributed by atoms with van der Waals surface area (Å²) >= 11 is 7.49. The predicted molar refractivity (Wildman–Crippen MR) is 110 cm³/mol. The minimum Gasteiger partial charge on any atom is -0.382 e. The summed E-state index contributed by atoms with van der Waals surface area (Å²) in [6, 6.07) is 1.70. The Bertz CT molecular complexity index is 875. The van der Waals surface area contributed by atoms with Crippen LogP contribution >= 0.6 is 23.4 Å². The molecule has 2 aliphatic rings. The first kappa shape index (κ1) is 19.5. The molecule has 1 spiro atoms. The van der Waals surface area contributed by atoms with Gasteiger partial charge < -0.3 is 22.1 Å². The van der Waals surface area contributed by atoms with Crippen LogP contribution in [0.5, 0.6) is 0 Å². The summed E-state index contributed by atoms with van der Waals surface area (Å²) in [4.78, 5) is 15.8. The van der Waals surface area contributed by atoms with Crippen molar-refractivity contribution < 1.29 is 4.39 Å². The molecule has 28 heavy (non-hydrogen) atoms. The Morgan fingerprint density at radius 1 is 1.21 bits per heavy atom. The van der Waals surface area contributed by atoms with Crippen LogP contribution in [0.15, 0.2) is 28.4 Å². The molecule has 0 radical (unpaired) electrons. The van der Waals surface area contributed by atoms with Gasteiger partial charge in [-0.05, 0) is 37.2 Å². The van der Waals surface area contributed by atoms with E-state index in [2.05, 4.69) is 19.9 Å². The quantitative estimate of drug-likeness (QED) is 0.689. The predicted octanol–water partition coefficient (Wildman–Crippen LogP) is 2.89. The van der Waals surface area contributed by atoms with Crippen molar-refractivity contribution in [3.63, 3.8) is 0 Å². The number of nitrogens with two attached hydrogens (primary N) is 3. The smallest absolute Gasteiger partial charge is 0.158 e. The van der Waals surface area contributed by atoms with Gasteiger partial charge in [0, 0.05) is 30.2 Å². The summed E-state index contributed by atoms with van der Waals surface area (Å²) in [7, 11) is 0. The Hall–Kier alpha value is -1.84. The van der Waals surface area contributed by atoms with E-state index in [1.54, 1.807) is 18.5 Å². The molecule has 0 aromatic carbocycles. The lowest BCUT2D eigenvalue weighted by atomic mass is 9.74. The maximum Gasteiger partial charge on any atom is 0.158 e. The maximum atomic E-state index is 13.8. The molecule has 4 rings (SSSR count). The summed E-state index contributed by atoms with van der Waals surface area (Å²) in [6.45, 7) is 1.54. The zero-order valence-electron chi connectivity index (χ0n) is 15.3. The van der Waals surface area contributed by atoms with Gasteiger partial charge in [0.1, 0.15) is 22.8 Å². The largest absolute Gasteiger partial charge is 0.382 e. The highest BCUT2D eigenvalue weighted by Gasteiger charge is 2.47. The van der Waals surface area contributed by atoms with Gasteiger partial charge in [0.15, 0.2) is 5.82 Å². The van der Waals surface area contributed by atoms with Gasteiger partial charge in [-0.25, -0.2) is 19.3 Å². The lowest BCUT2D eigenvalue weighted by Gasteiger charge is -2.42. The molecule has 7 nitrogen and oxygen atoms in total. The molecule has 2 fully saturated rings. The van der Waals surface area contributed by atoms with E-state index in [-0.39, 0.29) is 17.3 Å². The maximum absolute atomic E-state index is 13.8. The summed E-state index contributed by atoms with van der Waals surface area (Å²) in [5, 5.41) is 0.931. The molecule has 2 atom stereocenters. The van der Waals surface area contributed by atoms with Crippen molar-refractivity contribution in [2.75, 3.05) is 29.5 Å². The number of pyridine rings is 1. The van der Waals surface area contributed by atoms with Gasteiger partial charge in [-0.3, -0.25) is 0 Å². The van der Waals surface area contributed by atoms with Crippen LogP contribution in [-0.2, 0) is 0 Å². The number of nitrogens with zero attached hydrogens (tertiary/aromatic N) is 4. The van der Waals surface area contributed by atoms with E-state index in [1.165, 1.54) is 11.8 Å². The average Bonchev–Trinajstić information content (AvgIpc) is 2.94. The summed E-state index contributed by atoms with van der Waals surface area (Å²) in [5.74, 6) is 1.31. The van der Waals surface area contributed by atoms with E-state index >= 15 is 0 Å². The average molecular weight is 424 g/mol. The minimum absolute atomic E-state index is 0.0582. The van der Waals surface area contributed by atoms with Crippen molar-refractivity contribution in [1.82, 2.24) is 15.0 Å². The molecule has 6 N–H and O–H groups in total. The van der Waals surface area contributed by atoms with E-state index in [0.29, 0.717) is 28.7 Å². The number of alkyl halides is 1. The summed E-state index contributed by atoms with van der Waals surface area (Å²) < 4.78 is 13.8. The van der Waals surface area contributed by atoms with E-state index in [1.807, 2.05) is 0 Å². The van der Waals surface area contributed by atoms with Crippen LogP contribution in [0.2, 0.25) is 5.02 Å². The van der Waals surface area contributed by atoms with Crippen molar-refractivity contribution in [2.45, 2.75) is 47.8 Å². The van der Waals surface area contributed by atoms with E-state index in [4.69, 9.17) is 28.8 Å². The summed E-state index contributed by atoms with van der Waals surface area (Å²) in [5.41, 5.74) is 18.0. The van der Waals surface area contributed by atoms with Crippen molar-refractivity contribution >= 4 is 40.8 Å². The number of hydrogen-bond donors (Lipinski definition) is 3. The first-order valence-electron chi connectivity index (χ1n) is 9.23. The monoisotopic (exact) mass is 423 g/mol. The molecule has 3 heterocycles. The highest BCUT2D eigenvalue weighted by Crippen LogP contribution is 2.47. The van der Waals surface area contributed by atoms with Crippen LogP contribution in [0.1, 0.15) is 25.7 Å². The van der Waals surface area contributed by atoms with Crippen molar-refractivity contribution in [1.29, 1.82) is 0 Å². The Morgan fingerprint density at radius 3 is 2.61 bits per heavy atom. The van der Waals surface area contributed by atoms with Gasteiger partial charge in [0.25, 0.3) is 0 Å². The molecule has 1 saturated heterocycles. The molecular formula is C18H23ClFN7S. The molecule has 1 aliphatic carbocycles. The van der Waals surface area contributed by atoms with Crippen LogP contribution < -0.4 is 22.1 Å². The molecule has 1 saturated carbocycles. The second-order valence-electron chi connectivity index (χ2n) is 7.52. The molecule has 0 unspecified atom stereocenters. The third kappa shape index (κ3) is 3.58. The first-order valence-corrected chi connectivity index (χ1v) is 10.4. The third-order valence-corrected chi connectivity index (χ3v) is 7.42. The van der Waals surface area contributed by atoms with Crippen LogP contribution in [0.25, 0.3) is 0 Å². The number of nitrogen functional groups attached to an aromatic ring is 2. The van der Waals surface area contributed by atoms with Gasteiger partial charge in [-0.1, -0.05) is 23.4 Å². The topological polar surface area (TPSA) is 120 Å². The fourth-order valence-electron chi connectivity index (χ4n) is 4.20. The lowest BCUT2D eigenvalue weighted by Crippen LogP contribution is -2.47. The van der Waals surface area contributed by atoms with Crippen LogP contribution in [0.4, 0.5) is 21.8 Å². The molecular weight excluding hydrogens is 401 g/mol. The number of hydrogen-bond acceptors (Lipinski definition) is 8. The van der Waals surface area contributed by atoms with Crippen molar-refractivity contribution in [3.8, 4) is 0 Å². The number of piperidine rings is 1. The van der Waals surface area contributed by atoms with Gasteiger partial charge in [0.05, 0.1) is 11.2 Å². The molecule has 10 heteroatoms. The molecule has 0 bridgehead atoms. The van der Waals surface area contributed by atoms with Gasteiger partial charge in [-0.2, -0.15) is 0 Å². The van der Waals surface area contributed by atoms with E-state index in [0.717, 1.165) is 36.6 Å². The highest BCUT2D eigenvalue weighted by atomic mass is 35.5. The van der Waals surface area contributed by atoms with Crippen LogP contribution in [-0.4, -0.2) is 40.3 Å². The van der Waals surface area contributed by atoms with Crippen molar-refractivity contribution in [3.05, 3.63) is 23.5 Å². The third-order valence-electron chi connectivity index (χ3n) is 5.85. The number of anilines is 3. The standard InChI is InChI=1S/C18H23ClFN7S/c19-14-11(1-4-24-15(14)22)28-17-16(23)26-13(9-25-17)27-5-2-18(3-6-27)8-10(20)7-12(18)21/h1,4,9-10,12H,2-3,5-8,21H2,(H2,22,24)(H2,23,26)/t10-,12+/m0/s1. The van der Waals surface area contributed by atoms with Crippen molar-refractivity contribution in [2.24, 2.45) is 11.1 Å². The second kappa shape index (κ2) is 7.53. The molecule has 0 amide bonds. The van der Waals surface area contributed by atoms with Crippen LogP contribution in [0, 0.1) is 5.41 Å². The molecule has 2 aromatic heterocycles. The Kier molecular flexibility index (Phi) is 5.24. The normalized spacial score (nSPS) is 24.0. The fourth-order valence-corrected chi connectivity index (χ4v) is 5.21. The van der Waals surface area contributed by atoms with E-state index < -0.39 is 6.17 Å². The van der Waals surface area contributed by atoms with Gasteiger partial charge in [-0.15, -0.1) is 0 Å².